The average molecular weight is 277 g/mol. The smallest absolute Gasteiger partial charge is 0.407 e. The zero-order valence-corrected chi connectivity index (χ0v) is 9.81. The second-order valence-electron chi connectivity index (χ2n) is 3.95. The average Bonchev–Trinajstić information content (AvgIpc) is 2.65. The molecule has 1 amide bonds. The zero-order valence-electron chi connectivity index (χ0n) is 8.23. The van der Waals surface area contributed by atoms with Gasteiger partial charge in [0.15, 0.2) is 0 Å². The van der Waals surface area contributed by atoms with Gasteiger partial charge in [0.05, 0.1) is 0 Å². The summed E-state index contributed by atoms with van der Waals surface area (Å²) in [4.78, 5) is 17.5. The first-order valence-corrected chi connectivity index (χ1v) is 5.82. The van der Waals surface area contributed by atoms with Crippen LogP contribution in [-0.2, 0) is 4.84 Å². The Balaban J connectivity index is 1.91. The third-order valence-electron chi connectivity index (χ3n) is 2.91. The summed E-state index contributed by atoms with van der Waals surface area (Å²) in [5, 5.41) is 12.7. The van der Waals surface area contributed by atoms with Gasteiger partial charge in [-0.25, -0.2) is 4.79 Å². The van der Waals surface area contributed by atoms with E-state index in [-0.39, 0.29) is 12.0 Å². The molecule has 0 radical (unpaired) electrons. The van der Waals surface area contributed by atoms with E-state index in [2.05, 4.69) is 21.1 Å². The zero-order chi connectivity index (χ0) is 10.8. The quantitative estimate of drug-likeness (QED) is 0.795. The highest BCUT2D eigenvalue weighted by Gasteiger charge is 2.33. The van der Waals surface area contributed by atoms with Gasteiger partial charge in [-0.3, -0.25) is 0 Å². The molecular formula is C9H13BrN2O3. The van der Waals surface area contributed by atoms with Gasteiger partial charge < -0.3 is 14.8 Å². The summed E-state index contributed by atoms with van der Waals surface area (Å²) in [7, 11) is 0. The Morgan fingerprint density at radius 3 is 3.07 bits per heavy atom. The van der Waals surface area contributed by atoms with Crippen LogP contribution in [0.25, 0.3) is 0 Å². The van der Waals surface area contributed by atoms with Crippen molar-refractivity contribution < 1.29 is 14.7 Å². The molecule has 0 spiro atoms. The first-order valence-electron chi connectivity index (χ1n) is 5.03. The van der Waals surface area contributed by atoms with Crippen molar-refractivity contribution in [2.75, 3.05) is 13.1 Å². The highest BCUT2D eigenvalue weighted by Crippen LogP contribution is 2.28. The van der Waals surface area contributed by atoms with Gasteiger partial charge in [0.25, 0.3) is 0 Å². The molecule has 1 saturated heterocycles. The normalized spacial score (nSPS) is 31.0. The van der Waals surface area contributed by atoms with Crippen molar-refractivity contribution in [3.05, 3.63) is 0 Å². The fourth-order valence-electron chi connectivity index (χ4n) is 2.11. The lowest BCUT2D eigenvalue weighted by molar-refractivity contribution is 0.0109. The minimum absolute atomic E-state index is 0.0431. The maximum absolute atomic E-state index is 10.8. The van der Waals surface area contributed by atoms with Crippen molar-refractivity contribution in [3.63, 3.8) is 0 Å². The number of amides is 1. The molecule has 15 heavy (non-hydrogen) atoms. The number of oxime groups is 1. The molecule has 0 unspecified atom stereocenters. The largest absolute Gasteiger partial charge is 0.465 e. The van der Waals surface area contributed by atoms with Crippen LogP contribution in [0.4, 0.5) is 4.79 Å². The summed E-state index contributed by atoms with van der Waals surface area (Å²) < 4.78 is 0.819. The second-order valence-corrected chi connectivity index (χ2v) is 4.86. The lowest BCUT2D eigenvalue weighted by Crippen LogP contribution is -2.42. The van der Waals surface area contributed by atoms with Crippen LogP contribution in [0.15, 0.2) is 5.16 Å². The molecule has 2 heterocycles. The summed E-state index contributed by atoms with van der Waals surface area (Å²) in [6.45, 7) is 1.20. The summed E-state index contributed by atoms with van der Waals surface area (Å²) in [5.74, 6) is 0.272. The van der Waals surface area contributed by atoms with E-state index in [4.69, 9.17) is 9.94 Å². The lowest BCUT2D eigenvalue weighted by atomic mass is 9.91. The van der Waals surface area contributed by atoms with E-state index in [9.17, 15) is 4.79 Å². The first-order chi connectivity index (χ1) is 7.16. The predicted octanol–water partition coefficient (Wildman–Crippen LogP) is 1.87. The number of carboxylic acid groups (broad SMARTS) is 1. The van der Waals surface area contributed by atoms with Crippen LogP contribution < -0.4 is 0 Å². The maximum Gasteiger partial charge on any atom is 0.407 e. The summed E-state index contributed by atoms with van der Waals surface area (Å²) >= 11 is 3.28. The molecule has 6 heteroatoms. The van der Waals surface area contributed by atoms with Crippen molar-refractivity contribution in [2.24, 2.45) is 11.1 Å². The van der Waals surface area contributed by atoms with Crippen molar-refractivity contribution in [3.8, 4) is 0 Å². The van der Waals surface area contributed by atoms with Gasteiger partial charge in [-0.05, 0) is 28.8 Å². The number of piperidine rings is 1. The third kappa shape index (κ3) is 2.42. The molecular weight excluding hydrogens is 264 g/mol. The lowest BCUT2D eigenvalue weighted by Gasteiger charge is -2.32. The maximum atomic E-state index is 10.8. The Kier molecular flexibility index (Phi) is 3.14. The van der Waals surface area contributed by atoms with E-state index in [1.54, 1.807) is 0 Å². The van der Waals surface area contributed by atoms with Gasteiger partial charge in [0, 0.05) is 25.4 Å². The second kappa shape index (κ2) is 4.38. The van der Waals surface area contributed by atoms with E-state index in [0.29, 0.717) is 13.1 Å². The SMILES string of the molecule is O=C(O)N1CCC[C@H]([C@@H]2CC(Br)=NO2)C1. The monoisotopic (exact) mass is 276 g/mol. The molecule has 0 saturated carbocycles. The molecule has 5 nitrogen and oxygen atoms in total. The van der Waals surface area contributed by atoms with Crippen molar-refractivity contribution >= 4 is 26.6 Å². The highest BCUT2D eigenvalue weighted by atomic mass is 79.9. The molecule has 1 N–H and O–H groups in total. The van der Waals surface area contributed by atoms with Gasteiger partial charge in [0.2, 0.25) is 0 Å². The minimum Gasteiger partial charge on any atom is -0.465 e. The van der Waals surface area contributed by atoms with Crippen molar-refractivity contribution in [1.82, 2.24) is 4.90 Å². The van der Waals surface area contributed by atoms with Crippen LogP contribution in [0.5, 0.6) is 0 Å². The number of likely N-dealkylation sites (tertiary alicyclic amines) is 1. The molecule has 0 aromatic carbocycles. The van der Waals surface area contributed by atoms with Gasteiger partial charge in [-0.15, -0.1) is 0 Å². The van der Waals surface area contributed by atoms with Crippen LogP contribution in [0.3, 0.4) is 0 Å². The number of hydrogen-bond acceptors (Lipinski definition) is 3. The molecule has 1 fully saturated rings. The van der Waals surface area contributed by atoms with Gasteiger partial charge >= 0.3 is 6.09 Å². The predicted molar refractivity (Wildman–Crippen MR) is 58.2 cm³/mol. The Labute approximate surface area is 96.2 Å². The Morgan fingerprint density at radius 2 is 2.47 bits per heavy atom. The van der Waals surface area contributed by atoms with Crippen molar-refractivity contribution in [1.29, 1.82) is 0 Å². The van der Waals surface area contributed by atoms with E-state index in [1.165, 1.54) is 4.90 Å². The van der Waals surface area contributed by atoms with E-state index >= 15 is 0 Å². The molecule has 0 aliphatic carbocycles. The van der Waals surface area contributed by atoms with Crippen LogP contribution in [0, 0.1) is 5.92 Å². The van der Waals surface area contributed by atoms with E-state index < -0.39 is 6.09 Å². The number of carbonyl (C=O) groups is 1. The summed E-state index contributed by atoms with van der Waals surface area (Å²) in [6, 6.07) is 0. The molecule has 84 valence electrons. The highest BCUT2D eigenvalue weighted by molar-refractivity contribution is 9.18. The first kappa shape index (κ1) is 10.7. The molecule has 2 aliphatic rings. The number of hydrogen-bond donors (Lipinski definition) is 1. The number of rotatable bonds is 1. The fourth-order valence-corrected chi connectivity index (χ4v) is 2.51. The van der Waals surface area contributed by atoms with Crippen molar-refractivity contribution in [2.45, 2.75) is 25.4 Å². The Hall–Kier alpha value is -0.780. The van der Waals surface area contributed by atoms with E-state index in [1.807, 2.05) is 0 Å². The topological polar surface area (TPSA) is 62.1 Å². The van der Waals surface area contributed by atoms with Gasteiger partial charge in [-0.2, -0.15) is 0 Å². The standard InChI is InChI=1S/C9H13BrN2O3/c10-8-4-7(15-11-8)6-2-1-3-12(5-6)9(13)14/h6-7H,1-5H2,(H,13,14)/t6-,7-/m0/s1. The van der Waals surface area contributed by atoms with Gasteiger partial charge in [0.1, 0.15) is 10.7 Å². The number of halogens is 1. The Morgan fingerprint density at radius 1 is 1.67 bits per heavy atom. The minimum atomic E-state index is -0.835. The summed E-state index contributed by atoms with van der Waals surface area (Å²) in [5.41, 5.74) is 0. The third-order valence-corrected chi connectivity index (χ3v) is 3.38. The molecule has 2 atom stereocenters. The number of nitrogens with zero attached hydrogens (tertiary/aromatic N) is 2. The molecule has 2 aliphatic heterocycles. The van der Waals surface area contributed by atoms with E-state index in [0.717, 1.165) is 23.9 Å². The molecule has 2 rings (SSSR count). The van der Waals surface area contributed by atoms with Gasteiger partial charge in [-0.1, -0.05) is 5.16 Å². The van der Waals surface area contributed by atoms with Crippen LogP contribution >= 0.6 is 15.9 Å². The van der Waals surface area contributed by atoms with Crippen LogP contribution in [0.2, 0.25) is 0 Å². The molecule has 0 aromatic rings. The van der Waals surface area contributed by atoms with Crippen LogP contribution in [-0.4, -0.2) is 39.9 Å². The fraction of sp³-hybridized carbons (Fsp3) is 0.778. The molecule has 0 aromatic heterocycles. The Bertz CT molecular complexity index is 295. The van der Waals surface area contributed by atoms with Crippen LogP contribution in [0.1, 0.15) is 19.3 Å². The molecule has 0 bridgehead atoms. The summed E-state index contributed by atoms with van der Waals surface area (Å²) in [6.07, 6.45) is 1.90.